The number of unbranched alkanes of at least 4 members (excludes halogenated alkanes) is 3. The lowest BCUT2D eigenvalue weighted by Gasteiger charge is -2.14. The van der Waals surface area contributed by atoms with E-state index >= 15 is 0 Å². The van der Waals surface area contributed by atoms with Crippen LogP contribution in [0.4, 0.5) is 5.69 Å². The summed E-state index contributed by atoms with van der Waals surface area (Å²) in [5, 5.41) is 14.3. The second-order valence-corrected chi connectivity index (χ2v) is 9.13. The molecule has 0 aromatic heterocycles. The number of ether oxygens (including phenoxy) is 2. The number of benzene rings is 2. The highest BCUT2D eigenvalue weighted by Gasteiger charge is 2.12. The molecule has 2 aromatic carbocycles. The molecular weight excluding hydrogens is 475 g/mol. The summed E-state index contributed by atoms with van der Waals surface area (Å²) < 4.78 is 10.4. The number of aliphatic hydroxyl groups excluding tert-OH is 1. The molecule has 0 fully saturated rings. The molecule has 8 heteroatoms. The van der Waals surface area contributed by atoms with Crippen molar-refractivity contribution in [1.82, 2.24) is 5.32 Å². The number of carbonyl (C=O) groups is 1. The number of aliphatic hydroxyl groups is 1. The molecule has 0 bridgehead atoms. The Bertz CT molecular complexity index is 855. The number of rotatable bonds is 16. The van der Waals surface area contributed by atoms with Gasteiger partial charge >= 0.3 is 5.97 Å². The molecule has 0 amide bonds. The van der Waals surface area contributed by atoms with Gasteiger partial charge in [-0.2, -0.15) is 0 Å². The summed E-state index contributed by atoms with van der Waals surface area (Å²) in [6.07, 6.45) is 5.90. The molecule has 0 saturated carbocycles. The number of carbonyl (C=O) groups excluding carboxylic acids is 1. The second-order valence-electron chi connectivity index (χ2n) is 8.32. The van der Waals surface area contributed by atoms with E-state index in [0.717, 1.165) is 63.8 Å². The highest BCUT2D eigenvalue weighted by atomic mass is 35.5. The van der Waals surface area contributed by atoms with Crippen LogP contribution in [0.3, 0.4) is 0 Å². The van der Waals surface area contributed by atoms with E-state index < -0.39 is 6.10 Å². The first-order chi connectivity index (χ1) is 16.4. The van der Waals surface area contributed by atoms with Gasteiger partial charge in [0, 0.05) is 19.8 Å². The molecule has 0 aliphatic rings. The first-order valence-corrected chi connectivity index (χ1v) is 12.5. The van der Waals surface area contributed by atoms with E-state index in [0.29, 0.717) is 34.3 Å². The maximum absolute atomic E-state index is 11.3. The van der Waals surface area contributed by atoms with Crippen molar-refractivity contribution in [3.8, 4) is 0 Å². The third-order valence-electron chi connectivity index (χ3n) is 5.57. The van der Waals surface area contributed by atoms with Crippen LogP contribution in [-0.4, -0.2) is 44.5 Å². The molecule has 1 unspecified atom stereocenters. The SMILES string of the molecule is COC(=O)Cc1ccc(CCCOCCCCCCNCC(O)c2cc(Cl)c(N)c(Cl)c2)cc1. The lowest BCUT2D eigenvalue weighted by atomic mass is 10.1. The lowest BCUT2D eigenvalue weighted by Crippen LogP contribution is -2.22. The molecule has 188 valence electrons. The van der Waals surface area contributed by atoms with Crippen molar-refractivity contribution >= 4 is 34.9 Å². The Labute approximate surface area is 212 Å². The first-order valence-electron chi connectivity index (χ1n) is 11.8. The predicted octanol–water partition coefficient (Wildman–Crippen LogP) is 5.12. The number of hydrogen-bond donors (Lipinski definition) is 3. The van der Waals surface area contributed by atoms with E-state index in [2.05, 4.69) is 22.2 Å². The zero-order valence-corrected chi connectivity index (χ0v) is 21.3. The zero-order chi connectivity index (χ0) is 24.8. The van der Waals surface area contributed by atoms with Gasteiger partial charge in [0.05, 0.1) is 35.4 Å². The lowest BCUT2D eigenvalue weighted by molar-refractivity contribution is -0.139. The van der Waals surface area contributed by atoms with Crippen LogP contribution in [0.2, 0.25) is 10.0 Å². The topological polar surface area (TPSA) is 93.8 Å². The minimum atomic E-state index is -0.679. The Morgan fingerprint density at radius 1 is 1.00 bits per heavy atom. The molecule has 2 aromatic rings. The third-order valence-corrected chi connectivity index (χ3v) is 6.19. The van der Waals surface area contributed by atoms with Gasteiger partial charge < -0.3 is 25.6 Å². The van der Waals surface area contributed by atoms with Crippen LogP contribution in [0.25, 0.3) is 0 Å². The molecule has 34 heavy (non-hydrogen) atoms. The Kier molecular flexibility index (Phi) is 13.3. The predicted molar refractivity (Wildman–Crippen MR) is 138 cm³/mol. The maximum Gasteiger partial charge on any atom is 0.309 e. The van der Waals surface area contributed by atoms with Gasteiger partial charge in [-0.05, 0) is 61.1 Å². The number of hydrogen-bond acceptors (Lipinski definition) is 6. The second kappa shape index (κ2) is 16.0. The fraction of sp³-hybridized carbons (Fsp3) is 0.500. The summed E-state index contributed by atoms with van der Waals surface area (Å²) in [6.45, 7) is 2.81. The summed E-state index contributed by atoms with van der Waals surface area (Å²) in [5.41, 5.74) is 8.93. The fourth-order valence-electron chi connectivity index (χ4n) is 3.50. The number of nitrogen functional groups attached to an aromatic ring is 1. The van der Waals surface area contributed by atoms with Crippen molar-refractivity contribution in [2.24, 2.45) is 0 Å². The van der Waals surface area contributed by atoms with Gasteiger partial charge in [-0.25, -0.2) is 0 Å². The Hall–Kier alpha value is -1.83. The summed E-state index contributed by atoms with van der Waals surface area (Å²) in [6, 6.07) is 11.4. The molecule has 0 radical (unpaired) electrons. The van der Waals surface area contributed by atoms with Crippen LogP contribution < -0.4 is 11.1 Å². The standard InChI is InChI=1S/C26H36Cl2N2O4/c1-33-25(32)15-20-10-8-19(9-11-20)7-6-14-34-13-5-3-2-4-12-30-18-24(31)21-16-22(27)26(29)23(28)17-21/h8-11,16-17,24,30-31H,2-7,12-15,18,29H2,1H3. The van der Waals surface area contributed by atoms with E-state index in [1.54, 1.807) is 12.1 Å². The maximum atomic E-state index is 11.3. The zero-order valence-electron chi connectivity index (χ0n) is 19.8. The molecule has 0 heterocycles. The van der Waals surface area contributed by atoms with E-state index in [9.17, 15) is 9.90 Å². The molecule has 4 N–H and O–H groups in total. The van der Waals surface area contributed by atoms with Crippen LogP contribution in [0, 0.1) is 0 Å². The van der Waals surface area contributed by atoms with E-state index in [1.165, 1.54) is 12.7 Å². The van der Waals surface area contributed by atoms with Gasteiger partial charge in [0.15, 0.2) is 0 Å². The number of methoxy groups -OCH3 is 1. The monoisotopic (exact) mass is 510 g/mol. The summed E-state index contributed by atoms with van der Waals surface area (Å²) in [7, 11) is 1.40. The number of nitrogens with two attached hydrogens (primary N) is 1. The van der Waals surface area contributed by atoms with Crippen LogP contribution in [0.1, 0.15) is 54.9 Å². The van der Waals surface area contributed by atoms with Crippen molar-refractivity contribution in [2.45, 2.75) is 51.0 Å². The van der Waals surface area contributed by atoms with E-state index in [4.69, 9.17) is 33.7 Å². The van der Waals surface area contributed by atoms with Crippen molar-refractivity contribution < 1.29 is 19.4 Å². The van der Waals surface area contributed by atoms with Crippen LogP contribution in [0.15, 0.2) is 36.4 Å². The Morgan fingerprint density at radius 3 is 2.29 bits per heavy atom. The van der Waals surface area contributed by atoms with Crippen molar-refractivity contribution in [1.29, 1.82) is 0 Å². The number of nitrogens with one attached hydrogen (secondary N) is 1. The van der Waals surface area contributed by atoms with Crippen molar-refractivity contribution in [3.63, 3.8) is 0 Å². The third kappa shape index (κ3) is 10.6. The minimum absolute atomic E-state index is 0.220. The molecule has 0 aliphatic heterocycles. The van der Waals surface area contributed by atoms with E-state index in [1.807, 2.05) is 12.1 Å². The highest BCUT2D eigenvalue weighted by Crippen LogP contribution is 2.31. The quantitative estimate of drug-likeness (QED) is 0.165. The average Bonchev–Trinajstić information content (AvgIpc) is 2.83. The summed E-state index contributed by atoms with van der Waals surface area (Å²) in [5.74, 6) is -0.220. The van der Waals surface area contributed by atoms with E-state index in [-0.39, 0.29) is 5.97 Å². The average molecular weight is 511 g/mol. The highest BCUT2D eigenvalue weighted by molar-refractivity contribution is 6.38. The Balaban J connectivity index is 1.43. The number of esters is 1. The van der Waals surface area contributed by atoms with Crippen LogP contribution in [-0.2, 0) is 27.1 Å². The van der Waals surface area contributed by atoms with Gasteiger partial charge in [-0.3, -0.25) is 4.79 Å². The first kappa shape index (κ1) is 28.4. The minimum Gasteiger partial charge on any atom is -0.469 e. The number of anilines is 1. The van der Waals surface area contributed by atoms with Gasteiger partial charge in [0.2, 0.25) is 0 Å². The van der Waals surface area contributed by atoms with Crippen LogP contribution in [0.5, 0.6) is 0 Å². The molecular formula is C26H36Cl2N2O4. The molecule has 0 aliphatic carbocycles. The fourth-order valence-corrected chi connectivity index (χ4v) is 4.01. The molecule has 6 nitrogen and oxygen atoms in total. The van der Waals surface area contributed by atoms with Crippen molar-refractivity contribution in [3.05, 3.63) is 63.1 Å². The molecule has 0 saturated heterocycles. The molecule has 0 spiro atoms. The summed E-state index contributed by atoms with van der Waals surface area (Å²) >= 11 is 12.0. The molecule has 1 atom stereocenters. The summed E-state index contributed by atoms with van der Waals surface area (Å²) in [4.78, 5) is 11.3. The number of halogens is 2. The van der Waals surface area contributed by atoms with Crippen molar-refractivity contribution in [2.75, 3.05) is 39.1 Å². The van der Waals surface area contributed by atoms with Gasteiger partial charge in [-0.15, -0.1) is 0 Å². The molecule has 2 rings (SSSR count). The smallest absolute Gasteiger partial charge is 0.309 e. The Morgan fingerprint density at radius 2 is 1.62 bits per heavy atom. The normalized spacial score (nSPS) is 12.0. The van der Waals surface area contributed by atoms with Gasteiger partial charge in [0.1, 0.15) is 0 Å². The number of aryl methyl sites for hydroxylation is 1. The largest absolute Gasteiger partial charge is 0.469 e. The van der Waals surface area contributed by atoms with Gasteiger partial charge in [-0.1, -0.05) is 60.3 Å². The van der Waals surface area contributed by atoms with Crippen LogP contribution >= 0.6 is 23.2 Å². The van der Waals surface area contributed by atoms with Gasteiger partial charge in [0.25, 0.3) is 0 Å².